The molecule has 0 aliphatic rings. The first-order chi connectivity index (χ1) is 8.30. The van der Waals surface area contributed by atoms with Crippen molar-refractivity contribution < 1.29 is 13.2 Å². The van der Waals surface area contributed by atoms with E-state index in [1.807, 2.05) is 0 Å². The molecule has 1 aromatic heterocycles. The maximum absolute atomic E-state index is 12.4. The van der Waals surface area contributed by atoms with Crippen LogP contribution in [0.25, 0.3) is 0 Å². The average molecular weight is 278 g/mol. The van der Waals surface area contributed by atoms with E-state index in [9.17, 15) is 18.0 Å². The molecule has 0 aliphatic carbocycles. The Balaban J connectivity index is 2.70. The highest BCUT2D eigenvalue weighted by Gasteiger charge is 2.30. The molecule has 0 atom stereocenters. The molecule has 0 aromatic carbocycles. The van der Waals surface area contributed by atoms with Gasteiger partial charge in [0.15, 0.2) is 0 Å². The largest absolute Gasteiger partial charge is 0.417 e. The molecule has 0 spiro atoms. The van der Waals surface area contributed by atoms with Gasteiger partial charge in [0.05, 0.1) is 10.6 Å². The highest BCUT2D eigenvalue weighted by molar-refractivity contribution is 7.80. The van der Waals surface area contributed by atoms with Crippen LogP contribution < -0.4 is 11.3 Å². The fourth-order valence-corrected chi connectivity index (χ4v) is 1.60. The van der Waals surface area contributed by atoms with E-state index in [1.165, 1.54) is 0 Å². The van der Waals surface area contributed by atoms with E-state index in [-0.39, 0.29) is 6.54 Å². The van der Waals surface area contributed by atoms with Crippen molar-refractivity contribution in [2.75, 3.05) is 0 Å². The number of thiocarbonyl (C=S) groups is 1. The molecule has 0 aliphatic heterocycles. The molecule has 1 rings (SSSR count). The molecular weight excluding hydrogens is 265 g/mol. The lowest BCUT2D eigenvalue weighted by molar-refractivity contribution is -0.138. The molecule has 0 fully saturated rings. The Bertz CT molecular complexity index is 482. The lowest BCUT2D eigenvalue weighted by Crippen LogP contribution is -2.21. The molecule has 0 saturated carbocycles. The quantitative estimate of drug-likeness (QED) is 0.664. The maximum Gasteiger partial charge on any atom is 0.417 e. The number of aryl methyl sites for hydroxylation is 1. The van der Waals surface area contributed by atoms with E-state index in [4.69, 9.17) is 5.73 Å². The number of alkyl halides is 3. The number of hydrogen-bond donors (Lipinski definition) is 1. The van der Waals surface area contributed by atoms with Crippen molar-refractivity contribution in [3.63, 3.8) is 0 Å². The van der Waals surface area contributed by atoms with Gasteiger partial charge in [-0.3, -0.25) is 4.79 Å². The summed E-state index contributed by atoms with van der Waals surface area (Å²) in [6.07, 6.45) is -1.86. The van der Waals surface area contributed by atoms with E-state index < -0.39 is 17.3 Å². The summed E-state index contributed by atoms with van der Waals surface area (Å²) in [6.45, 7) is 0.228. The highest BCUT2D eigenvalue weighted by atomic mass is 32.1. The molecule has 0 radical (unpaired) electrons. The van der Waals surface area contributed by atoms with E-state index in [0.29, 0.717) is 24.3 Å². The summed E-state index contributed by atoms with van der Waals surface area (Å²) < 4.78 is 38.4. The van der Waals surface area contributed by atoms with Crippen molar-refractivity contribution in [2.45, 2.75) is 32.0 Å². The smallest absolute Gasteiger partial charge is 0.393 e. The van der Waals surface area contributed by atoms with Gasteiger partial charge in [0, 0.05) is 18.8 Å². The van der Waals surface area contributed by atoms with Crippen LogP contribution in [0.15, 0.2) is 23.1 Å². The van der Waals surface area contributed by atoms with Gasteiger partial charge in [-0.1, -0.05) is 12.2 Å². The fraction of sp³-hybridized carbons (Fsp3) is 0.455. The van der Waals surface area contributed by atoms with Crippen molar-refractivity contribution >= 4 is 17.2 Å². The standard InChI is InChI=1S/C11H13F3N2OS/c12-11(13,14)8-4-5-10(17)16(7-8)6-2-1-3-9(15)18/h4-5,7H,1-3,6H2,(H2,15,18). The van der Waals surface area contributed by atoms with Gasteiger partial charge >= 0.3 is 6.18 Å². The van der Waals surface area contributed by atoms with Crippen molar-refractivity contribution in [3.05, 3.63) is 34.2 Å². The van der Waals surface area contributed by atoms with Crippen LogP contribution in [0, 0.1) is 0 Å². The van der Waals surface area contributed by atoms with Crippen LogP contribution in [0.2, 0.25) is 0 Å². The summed E-state index contributed by atoms with van der Waals surface area (Å²) in [5, 5.41) is 0. The van der Waals surface area contributed by atoms with E-state index in [0.717, 1.165) is 22.9 Å². The fourth-order valence-electron chi connectivity index (χ4n) is 1.46. The van der Waals surface area contributed by atoms with Gasteiger partial charge in [-0.05, 0) is 25.3 Å². The molecule has 3 nitrogen and oxygen atoms in total. The minimum atomic E-state index is -4.44. The predicted molar refractivity (Wildman–Crippen MR) is 66.3 cm³/mol. The number of pyridine rings is 1. The number of nitrogens with two attached hydrogens (primary N) is 1. The second-order valence-corrected chi connectivity index (χ2v) is 4.39. The molecule has 7 heteroatoms. The van der Waals surface area contributed by atoms with Gasteiger partial charge in [-0.25, -0.2) is 0 Å². The van der Waals surface area contributed by atoms with Crippen LogP contribution in [0.5, 0.6) is 0 Å². The molecule has 0 unspecified atom stereocenters. The van der Waals surface area contributed by atoms with Crippen molar-refractivity contribution in [1.29, 1.82) is 0 Å². The normalized spacial score (nSPS) is 11.5. The van der Waals surface area contributed by atoms with Crippen molar-refractivity contribution in [1.82, 2.24) is 4.57 Å². The number of nitrogens with zero attached hydrogens (tertiary/aromatic N) is 1. The van der Waals surface area contributed by atoms with Crippen LogP contribution in [0.3, 0.4) is 0 Å². The second-order valence-electron chi connectivity index (χ2n) is 3.87. The number of hydrogen-bond acceptors (Lipinski definition) is 2. The molecule has 0 amide bonds. The lowest BCUT2D eigenvalue weighted by Gasteiger charge is -2.10. The van der Waals surface area contributed by atoms with Crippen molar-refractivity contribution in [3.8, 4) is 0 Å². The van der Waals surface area contributed by atoms with Crippen LogP contribution in [-0.2, 0) is 12.7 Å². The summed E-state index contributed by atoms with van der Waals surface area (Å²) in [7, 11) is 0. The van der Waals surface area contributed by atoms with Gasteiger partial charge in [0.2, 0.25) is 0 Å². The molecule has 1 heterocycles. The molecule has 18 heavy (non-hydrogen) atoms. The summed E-state index contributed by atoms with van der Waals surface area (Å²) in [6, 6.07) is 1.71. The minimum Gasteiger partial charge on any atom is -0.393 e. The van der Waals surface area contributed by atoms with Gasteiger partial charge < -0.3 is 10.3 Å². The molecule has 0 bridgehead atoms. The summed E-state index contributed by atoms with van der Waals surface area (Å²) >= 11 is 4.68. The van der Waals surface area contributed by atoms with Gasteiger partial charge in [0.1, 0.15) is 0 Å². The third kappa shape index (κ3) is 4.48. The van der Waals surface area contributed by atoms with Gasteiger partial charge in [0.25, 0.3) is 5.56 Å². The highest BCUT2D eigenvalue weighted by Crippen LogP contribution is 2.28. The van der Waals surface area contributed by atoms with Crippen LogP contribution >= 0.6 is 12.2 Å². The third-order valence-electron chi connectivity index (χ3n) is 2.38. The first-order valence-corrected chi connectivity index (χ1v) is 5.77. The molecular formula is C11H13F3N2OS. The first kappa shape index (κ1) is 14.7. The zero-order valence-electron chi connectivity index (χ0n) is 9.54. The summed E-state index contributed by atoms with van der Waals surface area (Å²) in [5.41, 5.74) is 4.03. The zero-order chi connectivity index (χ0) is 13.8. The van der Waals surface area contributed by atoms with Gasteiger partial charge in [-0.2, -0.15) is 13.2 Å². The van der Waals surface area contributed by atoms with Crippen LogP contribution in [0.1, 0.15) is 24.8 Å². The average Bonchev–Trinajstić information content (AvgIpc) is 2.24. The van der Waals surface area contributed by atoms with E-state index >= 15 is 0 Å². The Morgan fingerprint density at radius 2 is 2.00 bits per heavy atom. The Hall–Kier alpha value is -1.37. The van der Waals surface area contributed by atoms with Crippen LogP contribution in [0.4, 0.5) is 13.2 Å². The SMILES string of the molecule is NC(=S)CCCCn1cc(C(F)(F)F)ccc1=O. The Morgan fingerprint density at radius 3 is 2.56 bits per heavy atom. The lowest BCUT2D eigenvalue weighted by atomic mass is 10.2. The Morgan fingerprint density at radius 1 is 1.33 bits per heavy atom. The van der Waals surface area contributed by atoms with E-state index in [2.05, 4.69) is 12.2 Å². The van der Waals surface area contributed by atoms with Gasteiger partial charge in [-0.15, -0.1) is 0 Å². The topological polar surface area (TPSA) is 48.0 Å². The first-order valence-electron chi connectivity index (χ1n) is 5.36. The molecule has 1 aromatic rings. The Kier molecular flexibility index (Phi) is 4.89. The van der Waals surface area contributed by atoms with Crippen molar-refractivity contribution in [2.24, 2.45) is 5.73 Å². The number of rotatable bonds is 5. The minimum absolute atomic E-state index is 0.228. The summed E-state index contributed by atoms with van der Waals surface area (Å²) in [4.78, 5) is 11.7. The van der Waals surface area contributed by atoms with E-state index in [1.54, 1.807) is 0 Å². The predicted octanol–water partition coefficient (Wildman–Crippen LogP) is 2.32. The second kappa shape index (κ2) is 5.99. The Labute approximate surface area is 107 Å². The number of unbranched alkanes of at least 4 members (excludes halogenated alkanes) is 1. The zero-order valence-corrected chi connectivity index (χ0v) is 10.4. The monoisotopic (exact) mass is 278 g/mol. The molecule has 0 saturated heterocycles. The summed E-state index contributed by atoms with van der Waals surface area (Å²) in [5.74, 6) is 0. The van der Waals surface area contributed by atoms with Crippen LogP contribution in [-0.4, -0.2) is 9.56 Å². The molecule has 100 valence electrons. The number of aromatic nitrogens is 1. The maximum atomic E-state index is 12.4. The number of halogens is 3. The third-order valence-corrected chi connectivity index (χ3v) is 2.59. The molecule has 2 N–H and O–H groups in total.